The van der Waals surface area contributed by atoms with Gasteiger partial charge < -0.3 is 15.5 Å². The molecule has 1 aliphatic rings. The van der Waals surface area contributed by atoms with Gasteiger partial charge in [-0.2, -0.15) is 0 Å². The van der Waals surface area contributed by atoms with Gasteiger partial charge in [-0.15, -0.1) is 0 Å². The first-order valence-electron chi connectivity index (χ1n) is 9.43. The van der Waals surface area contributed by atoms with Crippen LogP contribution in [-0.2, 0) is 0 Å². The standard InChI is InChI=1S/C22H20F2N4O/c23-19-8-5-17(14-20(19)24)27-22(29)15-9-10-25-21(13-15)26-16-3-6-18(7-4-16)28-11-1-2-12-28/h3-10,13-14H,1-2,11-12H2,(H,25,26)(H,27,29). The molecule has 1 fully saturated rings. The van der Waals surface area contributed by atoms with Crippen molar-refractivity contribution in [3.63, 3.8) is 0 Å². The van der Waals surface area contributed by atoms with E-state index < -0.39 is 17.5 Å². The Morgan fingerprint density at radius 2 is 1.62 bits per heavy atom. The molecule has 3 aromatic rings. The van der Waals surface area contributed by atoms with Gasteiger partial charge >= 0.3 is 0 Å². The third-order valence-electron chi connectivity index (χ3n) is 4.81. The van der Waals surface area contributed by atoms with Gasteiger partial charge in [0.1, 0.15) is 5.82 Å². The Hall–Kier alpha value is -3.48. The number of halogens is 2. The van der Waals surface area contributed by atoms with Gasteiger partial charge in [-0.25, -0.2) is 13.8 Å². The van der Waals surface area contributed by atoms with Crippen molar-refractivity contribution in [1.82, 2.24) is 4.98 Å². The molecule has 0 bridgehead atoms. The summed E-state index contributed by atoms with van der Waals surface area (Å²) in [5.74, 6) is -1.91. The highest BCUT2D eigenvalue weighted by Crippen LogP contribution is 2.24. The lowest BCUT2D eigenvalue weighted by molar-refractivity contribution is 0.102. The molecule has 1 saturated heterocycles. The number of carbonyl (C=O) groups excluding carboxylic acids is 1. The molecule has 1 aliphatic heterocycles. The normalized spacial score (nSPS) is 13.4. The first-order valence-corrected chi connectivity index (χ1v) is 9.43. The number of anilines is 4. The molecule has 1 aromatic heterocycles. The molecule has 0 aliphatic carbocycles. The predicted octanol–water partition coefficient (Wildman–Crippen LogP) is 4.96. The minimum absolute atomic E-state index is 0.178. The fraction of sp³-hybridized carbons (Fsp3) is 0.182. The molecule has 0 unspecified atom stereocenters. The summed E-state index contributed by atoms with van der Waals surface area (Å²) < 4.78 is 26.3. The van der Waals surface area contributed by atoms with Crippen molar-refractivity contribution in [2.24, 2.45) is 0 Å². The first kappa shape index (κ1) is 18.9. The summed E-state index contributed by atoms with van der Waals surface area (Å²) >= 11 is 0. The highest BCUT2D eigenvalue weighted by molar-refractivity contribution is 6.04. The van der Waals surface area contributed by atoms with Gasteiger partial charge in [0, 0.05) is 48.0 Å². The van der Waals surface area contributed by atoms with Crippen molar-refractivity contribution in [3.05, 3.63) is 78.0 Å². The molecule has 5 nitrogen and oxygen atoms in total. The zero-order valence-corrected chi connectivity index (χ0v) is 15.7. The van der Waals surface area contributed by atoms with Gasteiger partial charge in [0.05, 0.1) is 0 Å². The zero-order chi connectivity index (χ0) is 20.2. The van der Waals surface area contributed by atoms with E-state index in [0.29, 0.717) is 11.4 Å². The molecule has 2 N–H and O–H groups in total. The maximum atomic E-state index is 13.3. The van der Waals surface area contributed by atoms with Crippen LogP contribution in [0.15, 0.2) is 60.8 Å². The molecule has 2 heterocycles. The lowest BCUT2D eigenvalue weighted by Crippen LogP contribution is -2.17. The summed E-state index contributed by atoms with van der Waals surface area (Å²) in [4.78, 5) is 19.0. The van der Waals surface area contributed by atoms with E-state index in [9.17, 15) is 13.6 Å². The summed E-state index contributed by atoms with van der Waals surface area (Å²) in [6, 6.07) is 14.4. The second-order valence-corrected chi connectivity index (χ2v) is 6.88. The molecular weight excluding hydrogens is 374 g/mol. The van der Waals surface area contributed by atoms with E-state index in [1.54, 1.807) is 12.1 Å². The van der Waals surface area contributed by atoms with Gasteiger partial charge in [0.15, 0.2) is 11.6 Å². The van der Waals surface area contributed by atoms with Crippen molar-refractivity contribution < 1.29 is 13.6 Å². The van der Waals surface area contributed by atoms with Crippen LogP contribution in [0.2, 0.25) is 0 Å². The highest BCUT2D eigenvalue weighted by atomic mass is 19.2. The van der Waals surface area contributed by atoms with Crippen LogP contribution in [0, 0.1) is 11.6 Å². The van der Waals surface area contributed by atoms with Crippen LogP contribution in [0.4, 0.5) is 31.7 Å². The van der Waals surface area contributed by atoms with Crippen molar-refractivity contribution in [2.45, 2.75) is 12.8 Å². The maximum Gasteiger partial charge on any atom is 0.255 e. The number of rotatable bonds is 5. The second kappa shape index (κ2) is 8.26. The fourth-order valence-electron chi connectivity index (χ4n) is 3.30. The van der Waals surface area contributed by atoms with E-state index in [0.717, 1.165) is 30.9 Å². The largest absolute Gasteiger partial charge is 0.372 e. The van der Waals surface area contributed by atoms with E-state index in [4.69, 9.17) is 0 Å². The number of benzene rings is 2. The minimum Gasteiger partial charge on any atom is -0.372 e. The van der Waals surface area contributed by atoms with Gasteiger partial charge in [0.2, 0.25) is 0 Å². The molecule has 7 heteroatoms. The van der Waals surface area contributed by atoms with E-state index in [-0.39, 0.29) is 5.69 Å². The molecule has 4 rings (SSSR count). The second-order valence-electron chi connectivity index (χ2n) is 6.88. The van der Waals surface area contributed by atoms with Crippen LogP contribution in [0.1, 0.15) is 23.2 Å². The summed E-state index contributed by atoms with van der Waals surface area (Å²) in [5.41, 5.74) is 2.58. The Morgan fingerprint density at radius 1 is 0.897 bits per heavy atom. The first-order chi connectivity index (χ1) is 14.1. The molecule has 0 radical (unpaired) electrons. The Labute approximate surface area is 167 Å². The molecular formula is C22H20F2N4O. The van der Waals surface area contributed by atoms with Crippen molar-refractivity contribution in [1.29, 1.82) is 0 Å². The van der Waals surface area contributed by atoms with Gasteiger partial charge in [-0.1, -0.05) is 0 Å². The maximum absolute atomic E-state index is 13.3. The average molecular weight is 394 g/mol. The smallest absolute Gasteiger partial charge is 0.255 e. The van der Waals surface area contributed by atoms with E-state index in [2.05, 4.69) is 32.7 Å². The van der Waals surface area contributed by atoms with Crippen LogP contribution in [0.3, 0.4) is 0 Å². The van der Waals surface area contributed by atoms with Crippen molar-refractivity contribution in [2.75, 3.05) is 28.6 Å². The molecule has 1 amide bonds. The molecule has 29 heavy (non-hydrogen) atoms. The quantitative estimate of drug-likeness (QED) is 0.643. The number of nitrogens with zero attached hydrogens (tertiary/aromatic N) is 2. The highest BCUT2D eigenvalue weighted by Gasteiger charge is 2.12. The zero-order valence-electron chi connectivity index (χ0n) is 15.7. The van der Waals surface area contributed by atoms with Gasteiger partial charge in [-0.05, 0) is 61.4 Å². The Kier molecular flexibility index (Phi) is 5.37. The van der Waals surface area contributed by atoms with E-state index in [1.807, 2.05) is 12.1 Å². The molecule has 0 atom stereocenters. The summed E-state index contributed by atoms with van der Waals surface area (Å²) in [6.07, 6.45) is 3.97. The van der Waals surface area contributed by atoms with Crippen molar-refractivity contribution >= 4 is 28.8 Å². The number of aromatic nitrogens is 1. The lowest BCUT2D eigenvalue weighted by Gasteiger charge is -2.18. The van der Waals surface area contributed by atoms with E-state index >= 15 is 0 Å². The topological polar surface area (TPSA) is 57.3 Å². The summed E-state index contributed by atoms with van der Waals surface area (Å²) in [5, 5.41) is 5.73. The van der Waals surface area contributed by atoms with Crippen LogP contribution >= 0.6 is 0 Å². The molecule has 0 spiro atoms. The minimum atomic E-state index is -1.02. The van der Waals surface area contributed by atoms with Crippen LogP contribution in [-0.4, -0.2) is 24.0 Å². The lowest BCUT2D eigenvalue weighted by atomic mass is 10.2. The summed E-state index contributed by atoms with van der Waals surface area (Å²) in [7, 11) is 0. The molecule has 148 valence electrons. The number of hydrogen-bond acceptors (Lipinski definition) is 4. The number of nitrogens with one attached hydrogen (secondary N) is 2. The summed E-state index contributed by atoms with van der Waals surface area (Å²) in [6.45, 7) is 2.17. The Bertz CT molecular complexity index is 1020. The predicted molar refractivity (Wildman–Crippen MR) is 110 cm³/mol. The Morgan fingerprint density at radius 3 is 2.34 bits per heavy atom. The molecule has 2 aromatic carbocycles. The SMILES string of the molecule is O=C(Nc1ccc(F)c(F)c1)c1ccnc(Nc2ccc(N3CCCC3)cc2)c1. The third-order valence-corrected chi connectivity index (χ3v) is 4.81. The van der Waals surface area contributed by atoms with E-state index in [1.165, 1.54) is 30.8 Å². The third kappa shape index (κ3) is 4.51. The average Bonchev–Trinajstić information content (AvgIpc) is 3.26. The number of amides is 1. The monoisotopic (exact) mass is 394 g/mol. The number of carbonyl (C=O) groups is 1. The van der Waals surface area contributed by atoms with Crippen LogP contribution in [0.5, 0.6) is 0 Å². The molecule has 0 saturated carbocycles. The van der Waals surface area contributed by atoms with Gasteiger partial charge in [-0.3, -0.25) is 4.79 Å². The van der Waals surface area contributed by atoms with Crippen molar-refractivity contribution in [3.8, 4) is 0 Å². The van der Waals surface area contributed by atoms with Crippen LogP contribution < -0.4 is 15.5 Å². The number of hydrogen-bond donors (Lipinski definition) is 2. The fourth-order valence-corrected chi connectivity index (χ4v) is 3.30. The number of pyridine rings is 1. The Balaban J connectivity index is 1.43. The van der Waals surface area contributed by atoms with Crippen LogP contribution in [0.25, 0.3) is 0 Å². The van der Waals surface area contributed by atoms with Gasteiger partial charge in [0.25, 0.3) is 5.91 Å².